The van der Waals surface area contributed by atoms with Gasteiger partial charge < -0.3 is 14.0 Å². The number of benzene rings is 2. The maximum atomic E-state index is 13.0. The molecule has 4 amide bonds. The van der Waals surface area contributed by atoms with Crippen LogP contribution in [0.15, 0.2) is 47.0 Å². The molecular formula is C26H27N3O7. The van der Waals surface area contributed by atoms with Crippen molar-refractivity contribution in [1.82, 2.24) is 10.1 Å². The molecule has 1 aliphatic heterocycles. The van der Waals surface area contributed by atoms with Crippen molar-refractivity contribution >= 4 is 40.8 Å². The summed E-state index contributed by atoms with van der Waals surface area (Å²) in [6.07, 6.45) is -1.98. The van der Waals surface area contributed by atoms with Gasteiger partial charge in [0.15, 0.2) is 11.4 Å². The quantitative estimate of drug-likeness (QED) is 0.451. The minimum absolute atomic E-state index is 0.0220. The molecular weight excluding hydrogens is 466 g/mol. The minimum Gasteiger partial charge on any atom is -0.443 e. The second-order valence-electron chi connectivity index (χ2n) is 10.4. The zero-order valence-electron chi connectivity index (χ0n) is 20.9. The van der Waals surface area contributed by atoms with E-state index >= 15 is 0 Å². The summed E-state index contributed by atoms with van der Waals surface area (Å²) >= 11 is 0. The number of hydrogen-bond donors (Lipinski definition) is 0. The van der Waals surface area contributed by atoms with Crippen LogP contribution in [0.5, 0.6) is 0 Å². The van der Waals surface area contributed by atoms with Crippen LogP contribution in [0.3, 0.4) is 0 Å². The van der Waals surface area contributed by atoms with E-state index in [0.29, 0.717) is 27.0 Å². The molecule has 0 fully saturated rings. The minimum atomic E-state index is -0.988. The van der Waals surface area contributed by atoms with E-state index in [1.165, 1.54) is 0 Å². The van der Waals surface area contributed by atoms with Gasteiger partial charge in [-0.3, -0.25) is 14.5 Å². The number of nitrogens with zero attached hydrogens (tertiary/aromatic N) is 3. The molecule has 0 bridgehead atoms. The maximum Gasteiger partial charge on any atom is 0.425 e. The molecule has 10 nitrogen and oxygen atoms in total. The molecule has 0 saturated carbocycles. The highest BCUT2D eigenvalue weighted by atomic mass is 16.6. The van der Waals surface area contributed by atoms with Crippen molar-refractivity contribution in [3.05, 3.63) is 59.2 Å². The number of anilines is 1. The van der Waals surface area contributed by atoms with Crippen molar-refractivity contribution in [3.8, 4) is 0 Å². The Kier molecular flexibility index (Phi) is 6.07. The normalized spacial score (nSPS) is 13.7. The monoisotopic (exact) mass is 493 g/mol. The molecule has 2 aromatic carbocycles. The molecule has 10 heteroatoms. The third-order valence-corrected chi connectivity index (χ3v) is 5.10. The largest absolute Gasteiger partial charge is 0.443 e. The SMILES string of the molecule is CC(C)(C)OC(=O)N(C(=O)OC(C)(C)C)c1noc2ccc(CN3C(=O)c4ccccc4C3=O)cc12. The smallest absolute Gasteiger partial charge is 0.425 e. The number of carbonyl (C=O) groups excluding carboxylic acids is 4. The fourth-order valence-corrected chi connectivity index (χ4v) is 3.66. The first-order chi connectivity index (χ1) is 16.7. The number of amides is 4. The first-order valence-electron chi connectivity index (χ1n) is 11.3. The maximum absolute atomic E-state index is 13.0. The third kappa shape index (κ3) is 4.93. The summed E-state index contributed by atoms with van der Waals surface area (Å²) in [5.74, 6) is -0.923. The van der Waals surface area contributed by atoms with Crippen LogP contribution in [-0.2, 0) is 16.0 Å². The first-order valence-corrected chi connectivity index (χ1v) is 11.3. The first kappa shape index (κ1) is 24.9. The van der Waals surface area contributed by atoms with Crippen LogP contribution in [-0.4, -0.2) is 45.3 Å². The van der Waals surface area contributed by atoms with Gasteiger partial charge in [-0.2, -0.15) is 4.90 Å². The Balaban J connectivity index is 1.70. The molecule has 3 aromatic rings. The summed E-state index contributed by atoms with van der Waals surface area (Å²) in [4.78, 5) is 53.4. The molecule has 1 aromatic heterocycles. The summed E-state index contributed by atoms with van der Waals surface area (Å²) < 4.78 is 16.2. The van der Waals surface area contributed by atoms with Crippen LogP contribution in [0.1, 0.15) is 67.8 Å². The van der Waals surface area contributed by atoms with Gasteiger partial charge in [-0.15, -0.1) is 0 Å². The number of hydrogen-bond acceptors (Lipinski definition) is 8. The van der Waals surface area contributed by atoms with Gasteiger partial charge in [0.05, 0.1) is 23.1 Å². The Bertz CT molecular complexity index is 1320. The van der Waals surface area contributed by atoms with Gasteiger partial charge in [0.2, 0.25) is 0 Å². The van der Waals surface area contributed by atoms with Crippen LogP contribution in [0.25, 0.3) is 11.0 Å². The van der Waals surface area contributed by atoms with E-state index in [9.17, 15) is 19.2 Å². The second kappa shape index (κ2) is 8.78. The molecule has 0 spiro atoms. The zero-order chi connectivity index (χ0) is 26.4. The Morgan fingerprint density at radius 1 is 0.889 bits per heavy atom. The molecule has 0 radical (unpaired) electrons. The molecule has 36 heavy (non-hydrogen) atoms. The van der Waals surface area contributed by atoms with Crippen LogP contribution in [0.4, 0.5) is 15.4 Å². The summed E-state index contributed by atoms with van der Waals surface area (Å²) in [6.45, 7) is 9.97. The molecule has 0 unspecified atom stereocenters. The highest BCUT2D eigenvalue weighted by Gasteiger charge is 2.37. The lowest BCUT2D eigenvalue weighted by atomic mass is 10.1. The van der Waals surface area contributed by atoms with Crippen LogP contribution < -0.4 is 4.90 Å². The summed E-state index contributed by atoms with van der Waals surface area (Å²) in [6, 6.07) is 11.5. The van der Waals surface area contributed by atoms with Crippen molar-refractivity contribution in [2.75, 3.05) is 4.90 Å². The van der Waals surface area contributed by atoms with Gasteiger partial charge >= 0.3 is 12.2 Å². The average Bonchev–Trinajstić information content (AvgIpc) is 3.26. The van der Waals surface area contributed by atoms with E-state index in [4.69, 9.17) is 14.0 Å². The molecule has 4 rings (SSSR count). The lowest BCUT2D eigenvalue weighted by Crippen LogP contribution is -2.44. The molecule has 0 atom stereocenters. The standard InChI is InChI=1S/C26H27N3O7/c1-25(2,3)34-23(32)29(24(33)35-26(4,5)6)20-18-13-15(11-12-19(18)36-27-20)14-28-21(30)16-9-7-8-10-17(16)22(28)31/h7-13H,14H2,1-6H3. The predicted molar refractivity (Wildman–Crippen MR) is 130 cm³/mol. The van der Waals surface area contributed by atoms with E-state index in [1.807, 2.05) is 0 Å². The van der Waals surface area contributed by atoms with E-state index in [2.05, 4.69) is 5.16 Å². The van der Waals surface area contributed by atoms with Gasteiger partial charge in [0.1, 0.15) is 11.2 Å². The summed E-state index contributed by atoms with van der Waals surface area (Å²) in [7, 11) is 0. The lowest BCUT2D eigenvalue weighted by molar-refractivity contribution is 0.0426. The number of imide groups is 2. The number of aromatic nitrogens is 1. The second-order valence-corrected chi connectivity index (χ2v) is 10.4. The van der Waals surface area contributed by atoms with E-state index in [1.54, 1.807) is 84.0 Å². The van der Waals surface area contributed by atoms with Crippen molar-refractivity contribution in [3.63, 3.8) is 0 Å². The van der Waals surface area contributed by atoms with E-state index < -0.39 is 35.2 Å². The summed E-state index contributed by atoms with van der Waals surface area (Å²) in [5, 5.41) is 4.24. The highest BCUT2D eigenvalue weighted by molar-refractivity contribution is 6.21. The van der Waals surface area contributed by atoms with Gasteiger partial charge in [-0.25, -0.2) is 9.59 Å². The van der Waals surface area contributed by atoms with Gasteiger partial charge in [0.25, 0.3) is 11.8 Å². The van der Waals surface area contributed by atoms with Crippen molar-refractivity contribution < 1.29 is 33.2 Å². The fourth-order valence-electron chi connectivity index (χ4n) is 3.66. The molecule has 0 N–H and O–H groups in total. The molecule has 1 aliphatic rings. The van der Waals surface area contributed by atoms with Crippen LogP contribution in [0, 0.1) is 0 Å². The Hall–Kier alpha value is -4.21. The number of rotatable bonds is 3. The average molecular weight is 494 g/mol. The lowest BCUT2D eigenvalue weighted by Gasteiger charge is -2.27. The predicted octanol–water partition coefficient (Wildman–Crippen LogP) is 5.30. The number of carbonyl (C=O) groups is 4. The molecule has 2 heterocycles. The number of fused-ring (bicyclic) bond motifs is 2. The van der Waals surface area contributed by atoms with Crippen molar-refractivity contribution in [2.45, 2.75) is 59.3 Å². The summed E-state index contributed by atoms with van der Waals surface area (Å²) in [5.41, 5.74) is -0.255. The Morgan fingerprint density at radius 2 is 1.42 bits per heavy atom. The molecule has 0 saturated heterocycles. The molecule has 0 aliphatic carbocycles. The van der Waals surface area contributed by atoms with Gasteiger partial charge in [0, 0.05) is 0 Å². The number of ether oxygens (including phenoxy) is 2. The highest BCUT2D eigenvalue weighted by Crippen LogP contribution is 2.31. The van der Waals surface area contributed by atoms with E-state index in [-0.39, 0.29) is 17.9 Å². The van der Waals surface area contributed by atoms with Crippen molar-refractivity contribution in [2.24, 2.45) is 0 Å². The third-order valence-electron chi connectivity index (χ3n) is 5.10. The Labute approximate surface area is 207 Å². The van der Waals surface area contributed by atoms with E-state index in [0.717, 1.165) is 4.90 Å². The topological polar surface area (TPSA) is 119 Å². The zero-order valence-corrected chi connectivity index (χ0v) is 20.9. The Morgan fingerprint density at radius 3 is 1.92 bits per heavy atom. The van der Waals surface area contributed by atoms with Crippen LogP contribution in [0.2, 0.25) is 0 Å². The van der Waals surface area contributed by atoms with Gasteiger partial charge in [-0.1, -0.05) is 23.4 Å². The van der Waals surface area contributed by atoms with Crippen LogP contribution >= 0.6 is 0 Å². The van der Waals surface area contributed by atoms with Crippen molar-refractivity contribution in [1.29, 1.82) is 0 Å². The molecule has 188 valence electrons. The fraction of sp³-hybridized carbons (Fsp3) is 0.346. The van der Waals surface area contributed by atoms with Gasteiger partial charge in [-0.05, 0) is 71.4 Å².